The smallest absolute Gasteiger partial charge is 0.387 e. The second-order valence-corrected chi connectivity index (χ2v) is 22.8. The summed E-state index contributed by atoms with van der Waals surface area (Å²) in [6, 6.07) is 26.1. The molecule has 6 aromatic rings. The number of halogens is 2. The fourth-order valence-electron chi connectivity index (χ4n) is 10.5. The summed E-state index contributed by atoms with van der Waals surface area (Å²) in [5.41, 5.74) is 8.21. The zero-order valence-corrected chi connectivity index (χ0v) is 42.6. The van der Waals surface area contributed by atoms with E-state index in [1.165, 1.54) is 75.8 Å². The Bertz CT molecular complexity index is 2630. The SMILES string of the molecule is CC(C)Oc1cccc(OC(C)C)c1-c1ccccc1P(C1CCCCC1)C1CCCCC1.Cc1nc2ccc(-c3ncc(N4CCC(C)(C(=O)O)CC4)cn3)cn2c1Cc1ccccc1OC(F)F. The van der Waals surface area contributed by atoms with Crippen molar-refractivity contribution in [3.05, 3.63) is 114 Å². The molecule has 372 valence electrons. The van der Waals surface area contributed by atoms with E-state index < -0.39 is 18.0 Å². The molecular weight excluding hydrogens is 904 g/mol. The summed E-state index contributed by atoms with van der Waals surface area (Å²) in [6.45, 7) is 10.5. The van der Waals surface area contributed by atoms with Crippen LogP contribution in [0.4, 0.5) is 14.5 Å². The fourth-order valence-corrected chi connectivity index (χ4v) is 14.5. The van der Waals surface area contributed by atoms with Crippen LogP contribution >= 0.6 is 7.92 Å². The molecule has 2 saturated carbocycles. The highest BCUT2D eigenvalue weighted by molar-refractivity contribution is 7.67. The second kappa shape index (κ2) is 23.1. The largest absolute Gasteiger partial charge is 0.490 e. The summed E-state index contributed by atoms with van der Waals surface area (Å²) in [6.07, 6.45) is 21.3. The Morgan fingerprint density at radius 3 is 1.91 bits per heavy atom. The van der Waals surface area contributed by atoms with Gasteiger partial charge >= 0.3 is 12.6 Å². The number of imidazole rings is 1. The summed E-state index contributed by atoms with van der Waals surface area (Å²) >= 11 is 0. The van der Waals surface area contributed by atoms with Gasteiger partial charge in [0.1, 0.15) is 22.9 Å². The summed E-state index contributed by atoms with van der Waals surface area (Å²) in [5, 5.41) is 11.1. The first-order valence-electron chi connectivity index (χ1n) is 25.4. The lowest BCUT2D eigenvalue weighted by atomic mass is 9.80. The third kappa shape index (κ3) is 12.1. The predicted molar refractivity (Wildman–Crippen MR) is 278 cm³/mol. The highest BCUT2D eigenvalue weighted by atomic mass is 31.1. The van der Waals surface area contributed by atoms with Gasteiger partial charge in [0, 0.05) is 42.5 Å². The molecule has 0 unspecified atom stereocenters. The number of carboxylic acid groups (broad SMARTS) is 1. The molecule has 3 aromatic heterocycles. The van der Waals surface area contributed by atoms with Crippen molar-refractivity contribution in [3.63, 3.8) is 0 Å². The number of carbonyl (C=O) groups is 1. The number of nitrogens with zero attached hydrogens (tertiary/aromatic N) is 5. The second-order valence-electron chi connectivity index (χ2n) is 20.0. The zero-order valence-electron chi connectivity index (χ0n) is 41.8. The van der Waals surface area contributed by atoms with Gasteiger partial charge in [-0.2, -0.15) is 8.78 Å². The molecule has 0 amide bonds. The van der Waals surface area contributed by atoms with Crippen LogP contribution < -0.4 is 24.4 Å². The van der Waals surface area contributed by atoms with E-state index in [2.05, 4.69) is 90.0 Å². The van der Waals surface area contributed by atoms with E-state index in [1.807, 2.05) is 29.7 Å². The molecule has 1 saturated heterocycles. The molecule has 9 rings (SSSR count). The van der Waals surface area contributed by atoms with Crippen LogP contribution in [0, 0.1) is 12.3 Å². The third-order valence-corrected chi connectivity index (χ3v) is 17.8. The van der Waals surface area contributed by atoms with Crippen molar-refractivity contribution in [2.45, 2.75) is 155 Å². The molecule has 3 aliphatic rings. The first kappa shape index (κ1) is 50.8. The monoisotopic (exact) mass is 974 g/mol. The molecule has 3 fully saturated rings. The zero-order chi connectivity index (χ0) is 49.4. The maximum absolute atomic E-state index is 12.9. The lowest BCUT2D eigenvalue weighted by Crippen LogP contribution is -2.42. The molecule has 10 nitrogen and oxygen atoms in total. The number of hydrogen-bond acceptors (Lipinski definition) is 8. The molecule has 13 heteroatoms. The van der Waals surface area contributed by atoms with Gasteiger partial charge < -0.3 is 28.6 Å². The Hall–Kier alpha value is -5.61. The highest BCUT2D eigenvalue weighted by Crippen LogP contribution is 2.57. The number of aryl methyl sites for hydroxylation is 1. The number of aliphatic carboxylic acids is 1. The van der Waals surface area contributed by atoms with Crippen LogP contribution in [-0.4, -0.2) is 73.7 Å². The number of anilines is 1. The Morgan fingerprint density at radius 2 is 1.33 bits per heavy atom. The normalized spacial score (nSPS) is 16.7. The van der Waals surface area contributed by atoms with E-state index in [4.69, 9.17) is 14.2 Å². The number of fused-ring (bicyclic) bond motifs is 1. The molecule has 2 aliphatic carbocycles. The van der Waals surface area contributed by atoms with Gasteiger partial charge in [-0.15, -0.1) is 0 Å². The Labute approximate surface area is 414 Å². The van der Waals surface area contributed by atoms with Gasteiger partial charge in [-0.25, -0.2) is 15.0 Å². The van der Waals surface area contributed by atoms with E-state index in [-0.39, 0.29) is 25.9 Å². The fraction of sp³-hybridized carbons (Fsp3) is 0.474. The van der Waals surface area contributed by atoms with E-state index in [0.29, 0.717) is 43.7 Å². The summed E-state index contributed by atoms with van der Waals surface area (Å²) in [4.78, 5) is 27.4. The van der Waals surface area contributed by atoms with Gasteiger partial charge in [0.25, 0.3) is 0 Å². The summed E-state index contributed by atoms with van der Waals surface area (Å²) < 4.78 is 45.2. The summed E-state index contributed by atoms with van der Waals surface area (Å²) in [7, 11) is -0.213. The van der Waals surface area contributed by atoms with Crippen LogP contribution in [-0.2, 0) is 11.2 Å². The molecular formula is C57H70F2N5O5P. The molecule has 0 spiro atoms. The van der Waals surface area contributed by atoms with Crippen molar-refractivity contribution < 1.29 is 32.9 Å². The topological polar surface area (TPSA) is 111 Å². The average molecular weight is 974 g/mol. The number of para-hydroxylation sites is 1. The molecule has 1 N–H and O–H groups in total. The number of aromatic nitrogens is 4. The van der Waals surface area contributed by atoms with Crippen LogP contribution in [0.15, 0.2) is 97.5 Å². The van der Waals surface area contributed by atoms with Crippen LogP contribution in [0.1, 0.15) is 129 Å². The summed E-state index contributed by atoms with van der Waals surface area (Å²) in [5.74, 6) is 1.84. The van der Waals surface area contributed by atoms with E-state index in [0.717, 1.165) is 56.7 Å². The van der Waals surface area contributed by atoms with Crippen molar-refractivity contribution in [3.8, 4) is 39.8 Å². The molecule has 0 atom stereocenters. The van der Waals surface area contributed by atoms with Crippen molar-refractivity contribution in [2.24, 2.45) is 5.41 Å². The van der Waals surface area contributed by atoms with E-state index >= 15 is 0 Å². The maximum Gasteiger partial charge on any atom is 0.387 e. The standard InChI is InChI=1S/C30H43O2P.C27H27F2N5O3/c1-22(2)31-27-19-13-20-28(32-23(3)4)30(27)26-18-11-12-21-29(26)33(24-14-7-5-8-15-24)25-16-9-6-10-17-25;1-17-21(13-18-5-3-4-6-22(18)37-26(28)29)34-16-19(7-8-23(34)32-17)24-30-14-20(15-31-24)33-11-9-27(2,10-12-33)25(35)36/h11-13,18-25H,5-10,14-17H2,1-4H3;3-8,14-16,26H,9-13H2,1-2H3,(H,35,36). The third-order valence-electron chi connectivity index (χ3n) is 14.2. The number of alkyl halides is 2. The van der Waals surface area contributed by atoms with Crippen molar-refractivity contribution in [1.82, 2.24) is 19.4 Å². The maximum atomic E-state index is 12.9. The van der Waals surface area contributed by atoms with Crippen LogP contribution in [0.25, 0.3) is 28.2 Å². The first-order chi connectivity index (χ1) is 33.8. The van der Waals surface area contributed by atoms with Gasteiger partial charge in [-0.3, -0.25) is 4.79 Å². The Balaban J connectivity index is 0.000000190. The number of rotatable bonds is 15. The molecule has 70 heavy (non-hydrogen) atoms. The quantitative estimate of drug-likeness (QED) is 0.101. The minimum absolute atomic E-state index is 0.128. The lowest BCUT2D eigenvalue weighted by Gasteiger charge is -2.39. The van der Waals surface area contributed by atoms with E-state index in [9.17, 15) is 18.7 Å². The van der Waals surface area contributed by atoms with Crippen molar-refractivity contribution in [2.75, 3.05) is 18.0 Å². The molecule has 3 aromatic carbocycles. The molecule has 1 aliphatic heterocycles. The lowest BCUT2D eigenvalue weighted by molar-refractivity contribution is -0.149. The van der Waals surface area contributed by atoms with Gasteiger partial charge in [0.2, 0.25) is 0 Å². The van der Waals surface area contributed by atoms with Crippen molar-refractivity contribution in [1.29, 1.82) is 0 Å². The van der Waals surface area contributed by atoms with Gasteiger partial charge in [-0.1, -0.05) is 95.0 Å². The van der Waals surface area contributed by atoms with Crippen molar-refractivity contribution >= 4 is 30.5 Å². The highest BCUT2D eigenvalue weighted by Gasteiger charge is 2.37. The van der Waals surface area contributed by atoms with E-state index in [1.54, 1.807) is 42.8 Å². The molecule has 4 heterocycles. The number of ether oxygens (including phenoxy) is 3. The first-order valence-corrected chi connectivity index (χ1v) is 26.9. The van der Waals surface area contributed by atoms with Crippen LogP contribution in [0.2, 0.25) is 0 Å². The predicted octanol–water partition coefficient (Wildman–Crippen LogP) is 13.7. The number of benzene rings is 3. The number of hydrogen-bond donors (Lipinski definition) is 1. The van der Waals surface area contributed by atoms with Gasteiger partial charge in [0.15, 0.2) is 5.82 Å². The Kier molecular flexibility index (Phi) is 16.7. The minimum Gasteiger partial charge on any atom is -0.490 e. The minimum atomic E-state index is -2.90. The van der Waals surface area contributed by atoms with Gasteiger partial charge in [0.05, 0.1) is 47.0 Å². The van der Waals surface area contributed by atoms with Crippen LogP contribution in [0.5, 0.6) is 17.2 Å². The Morgan fingerprint density at radius 1 is 0.757 bits per heavy atom. The number of carboxylic acids is 1. The average Bonchev–Trinajstić information content (AvgIpc) is 3.66. The number of piperidine rings is 1. The van der Waals surface area contributed by atoms with Gasteiger partial charge in [-0.05, 0) is 133 Å². The number of pyridine rings is 1. The molecule has 0 bridgehead atoms. The van der Waals surface area contributed by atoms with Crippen LogP contribution in [0.3, 0.4) is 0 Å². The molecule has 0 radical (unpaired) electrons.